The Morgan fingerprint density at radius 3 is 2.57 bits per heavy atom. The van der Waals surface area contributed by atoms with E-state index in [0.29, 0.717) is 12.0 Å². The molecule has 0 N–H and O–H groups in total. The molecule has 0 aliphatic carbocycles. The Morgan fingerprint density at radius 1 is 1.24 bits per heavy atom. The molecule has 0 saturated heterocycles. The van der Waals surface area contributed by atoms with Crippen molar-refractivity contribution < 1.29 is 9.53 Å². The van der Waals surface area contributed by atoms with E-state index in [9.17, 15) is 4.79 Å². The second-order valence-corrected chi connectivity index (χ2v) is 4.72. The molecule has 0 unspecified atom stereocenters. The number of ether oxygens (including phenoxy) is 1. The summed E-state index contributed by atoms with van der Waals surface area (Å²) in [5.41, 5.74) is 2.46. The third-order valence-electron chi connectivity index (χ3n) is 3.34. The zero-order valence-electron chi connectivity index (χ0n) is 12.4. The Morgan fingerprint density at radius 2 is 1.95 bits per heavy atom. The molecular weight excluding hydrogens is 262 g/mol. The number of hydrogen-bond acceptors (Lipinski definition) is 2. The lowest BCUT2D eigenvalue weighted by Crippen LogP contribution is -2.26. The molecule has 0 fully saturated rings. The van der Waals surface area contributed by atoms with Crippen molar-refractivity contribution in [2.24, 2.45) is 0 Å². The zero-order valence-corrected chi connectivity index (χ0v) is 12.4. The molecule has 0 heterocycles. The smallest absolute Gasteiger partial charge is 0.258 e. The van der Waals surface area contributed by atoms with Crippen LogP contribution in [0.15, 0.2) is 61.2 Å². The van der Waals surface area contributed by atoms with Crippen LogP contribution in [0.1, 0.15) is 15.9 Å². The second kappa shape index (κ2) is 6.75. The first-order valence-corrected chi connectivity index (χ1v) is 6.78. The lowest BCUT2D eigenvalue weighted by molar-refractivity contribution is 0.0993. The fraction of sp³-hybridized carbons (Fsp3) is 0.167. The van der Waals surface area contributed by atoms with Crippen molar-refractivity contribution in [3.05, 3.63) is 72.3 Å². The normalized spacial score (nSPS) is 10.0. The molecule has 2 rings (SSSR count). The number of nitrogens with zero attached hydrogens (tertiary/aromatic N) is 1. The molecule has 2 aromatic carbocycles. The van der Waals surface area contributed by atoms with E-state index < -0.39 is 0 Å². The van der Waals surface area contributed by atoms with E-state index in [4.69, 9.17) is 4.74 Å². The van der Waals surface area contributed by atoms with Crippen LogP contribution in [0.3, 0.4) is 0 Å². The molecule has 0 atom stereocenters. The van der Waals surface area contributed by atoms with Crippen LogP contribution in [0.4, 0.5) is 5.69 Å². The van der Waals surface area contributed by atoms with Gasteiger partial charge in [-0.05, 0) is 42.3 Å². The van der Waals surface area contributed by atoms with Gasteiger partial charge in [-0.15, -0.1) is 6.58 Å². The van der Waals surface area contributed by atoms with E-state index >= 15 is 0 Å². The Labute approximate surface area is 125 Å². The van der Waals surface area contributed by atoms with Crippen LogP contribution in [0, 0.1) is 0 Å². The van der Waals surface area contributed by atoms with Crippen molar-refractivity contribution in [3.63, 3.8) is 0 Å². The van der Waals surface area contributed by atoms with Gasteiger partial charge in [0.1, 0.15) is 5.75 Å². The quantitative estimate of drug-likeness (QED) is 0.782. The van der Waals surface area contributed by atoms with Gasteiger partial charge in [-0.25, -0.2) is 0 Å². The van der Waals surface area contributed by atoms with Gasteiger partial charge >= 0.3 is 0 Å². The number of para-hydroxylation sites is 1. The SMILES string of the molecule is C=CCc1cc(C(=O)N(C)c2ccccc2)ccc1OC. The number of anilines is 1. The van der Waals surface area contributed by atoms with Gasteiger partial charge in [-0.2, -0.15) is 0 Å². The minimum absolute atomic E-state index is 0.0471. The minimum Gasteiger partial charge on any atom is -0.496 e. The second-order valence-electron chi connectivity index (χ2n) is 4.72. The Hall–Kier alpha value is -2.55. The van der Waals surface area contributed by atoms with E-state index in [-0.39, 0.29) is 5.91 Å². The first-order valence-electron chi connectivity index (χ1n) is 6.78. The van der Waals surface area contributed by atoms with E-state index in [2.05, 4.69) is 6.58 Å². The Kier molecular flexibility index (Phi) is 4.77. The largest absolute Gasteiger partial charge is 0.496 e. The highest BCUT2D eigenvalue weighted by molar-refractivity contribution is 6.05. The maximum Gasteiger partial charge on any atom is 0.258 e. The number of allylic oxidation sites excluding steroid dienone is 1. The molecule has 108 valence electrons. The van der Waals surface area contributed by atoms with Crippen LogP contribution in [-0.2, 0) is 6.42 Å². The number of benzene rings is 2. The molecule has 1 amide bonds. The van der Waals surface area contributed by atoms with Gasteiger partial charge in [-0.1, -0.05) is 24.3 Å². The summed E-state index contributed by atoms with van der Waals surface area (Å²) in [7, 11) is 3.40. The molecule has 0 aliphatic heterocycles. The van der Waals surface area contributed by atoms with Gasteiger partial charge in [0.25, 0.3) is 5.91 Å². The van der Waals surface area contributed by atoms with Gasteiger partial charge in [0.05, 0.1) is 7.11 Å². The molecule has 3 heteroatoms. The maximum atomic E-state index is 12.6. The number of carbonyl (C=O) groups excluding carboxylic acids is 1. The highest BCUT2D eigenvalue weighted by Crippen LogP contribution is 2.22. The predicted molar refractivity (Wildman–Crippen MR) is 86.1 cm³/mol. The molecule has 3 nitrogen and oxygen atoms in total. The van der Waals surface area contributed by atoms with Crippen LogP contribution in [0.25, 0.3) is 0 Å². The minimum atomic E-state index is -0.0471. The molecule has 2 aromatic rings. The summed E-state index contributed by atoms with van der Waals surface area (Å²) in [5.74, 6) is 0.725. The highest BCUT2D eigenvalue weighted by atomic mass is 16.5. The first kappa shape index (κ1) is 14.9. The van der Waals surface area contributed by atoms with E-state index in [1.807, 2.05) is 42.5 Å². The lowest BCUT2D eigenvalue weighted by atomic mass is 10.1. The zero-order chi connectivity index (χ0) is 15.2. The average molecular weight is 281 g/mol. The van der Waals surface area contributed by atoms with Gasteiger partial charge in [0, 0.05) is 18.3 Å². The van der Waals surface area contributed by atoms with Crippen molar-refractivity contribution in [3.8, 4) is 5.75 Å². The molecular formula is C18H19NO2. The molecule has 0 radical (unpaired) electrons. The molecule has 0 bridgehead atoms. The predicted octanol–water partition coefficient (Wildman–Crippen LogP) is 3.70. The van der Waals surface area contributed by atoms with Crippen molar-refractivity contribution in [1.29, 1.82) is 0 Å². The van der Waals surface area contributed by atoms with Crippen LogP contribution in [-0.4, -0.2) is 20.1 Å². The van der Waals surface area contributed by atoms with Crippen LogP contribution < -0.4 is 9.64 Å². The third kappa shape index (κ3) is 3.31. The topological polar surface area (TPSA) is 29.5 Å². The number of hydrogen-bond donors (Lipinski definition) is 0. The molecule has 0 spiro atoms. The Balaban J connectivity index is 2.31. The summed E-state index contributed by atoms with van der Waals surface area (Å²) in [5, 5.41) is 0. The fourth-order valence-corrected chi connectivity index (χ4v) is 2.19. The average Bonchev–Trinajstić information content (AvgIpc) is 2.54. The molecule has 21 heavy (non-hydrogen) atoms. The highest BCUT2D eigenvalue weighted by Gasteiger charge is 2.15. The molecule has 0 aliphatic rings. The summed E-state index contributed by atoms with van der Waals surface area (Å²) < 4.78 is 5.31. The number of amides is 1. The van der Waals surface area contributed by atoms with Gasteiger partial charge in [0.15, 0.2) is 0 Å². The van der Waals surface area contributed by atoms with Gasteiger partial charge < -0.3 is 9.64 Å². The van der Waals surface area contributed by atoms with Crippen LogP contribution in [0.5, 0.6) is 5.75 Å². The number of carbonyl (C=O) groups is 1. The molecule has 0 saturated carbocycles. The Bertz CT molecular complexity index is 635. The number of rotatable bonds is 5. The monoisotopic (exact) mass is 281 g/mol. The van der Waals surface area contributed by atoms with Crippen molar-refractivity contribution in [2.45, 2.75) is 6.42 Å². The van der Waals surface area contributed by atoms with Crippen molar-refractivity contribution >= 4 is 11.6 Å². The summed E-state index contributed by atoms with van der Waals surface area (Å²) in [6, 6.07) is 15.0. The van der Waals surface area contributed by atoms with Crippen molar-refractivity contribution in [1.82, 2.24) is 0 Å². The lowest BCUT2D eigenvalue weighted by Gasteiger charge is -2.18. The fourth-order valence-electron chi connectivity index (χ4n) is 2.19. The maximum absolute atomic E-state index is 12.6. The standard InChI is InChI=1S/C18H19NO2/c1-4-8-14-13-15(11-12-17(14)21-3)18(20)19(2)16-9-6-5-7-10-16/h4-7,9-13H,1,8H2,2-3H3. The van der Waals surface area contributed by atoms with Crippen LogP contribution in [0.2, 0.25) is 0 Å². The molecule has 0 aromatic heterocycles. The summed E-state index contributed by atoms with van der Waals surface area (Å²) in [6.07, 6.45) is 2.46. The van der Waals surface area contributed by atoms with E-state index in [0.717, 1.165) is 17.0 Å². The summed E-state index contributed by atoms with van der Waals surface area (Å²) >= 11 is 0. The first-order chi connectivity index (χ1) is 10.2. The van der Waals surface area contributed by atoms with Crippen molar-refractivity contribution in [2.75, 3.05) is 19.1 Å². The van der Waals surface area contributed by atoms with Gasteiger partial charge in [-0.3, -0.25) is 4.79 Å². The van der Waals surface area contributed by atoms with Crippen LogP contribution >= 0.6 is 0 Å². The van der Waals surface area contributed by atoms with E-state index in [1.54, 1.807) is 31.2 Å². The summed E-state index contributed by atoms with van der Waals surface area (Å²) in [4.78, 5) is 14.2. The summed E-state index contributed by atoms with van der Waals surface area (Å²) in [6.45, 7) is 3.74. The third-order valence-corrected chi connectivity index (χ3v) is 3.34. The van der Waals surface area contributed by atoms with E-state index in [1.165, 1.54) is 0 Å². The number of methoxy groups -OCH3 is 1. The van der Waals surface area contributed by atoms with Gasteiger partial charge in [0.2, 0.25) is 0 Å².